The lowest BCUT2D eigenvalue weighted by Gasteiger charge is -2.18. The van der Waals surface area contributed by atoms with Gasteiger partial charge in [0.25, 0.3) is 10.0 Å². The van der Waals surface area contributed by atoms with Gasteiger partial charge in [0.15, 0.2) is 0 Å². The third-order valence-corrected chi connectivity index (χ3v) is 7.23. The summed E-state index contributed by atoms with van der Waals surface area (Å²) in [5.74, 6) is 0. The molecule has 6 heteroatoms. The van der Waals surface area contributed by atoms with Gasteiger partial charge in [0.1, 0.15) is 4.21 Å². The van der Waals surface area contributed by atoms with Crippen LogP contribution in [0.3, 0.4) is 0 Å². The molecule has 0 amide bonds. The third kappa shape index (κ3) is 4.77. The largest absolute Gasteiger partial charge is 0.314 e. The van der Waals surface area contributed by atoms with Gasteiger partial charge in [-0.2, -0.15) is 4.31 Å². The molecule has 0 atom stereocenters. The second-order valence-corrected chi connectivity index (χ2v) is 9.23. The van der Waals surface area contributed by atoms with Crippen molar-refractivity contribution in [2.45, 2.75) is 56.2 Å². The molecule has 2 rings (SSSR count). The number of sulfonamides is 1. The van der Waals surface area contributed by atoms with E-state index in [1.54, 1.807) is 10.4 Å². The van der Waals surface area contributed by atoms with E-state index in [0.29, 0.717) is 23.3 Å². The molecule has 0 aromatic carbocycles. The van der Waals surface area contributed by atoms with Gasteiger partial charge in [-0.1, -0.05) is 26.7 Å². The predicted molar refractivity (Wildman–Crippen MR) is 88.4 cm³/mol. The van der Waals surface area contributed by atoms with E-state index in [2.05, 4.69) is 19.2 Å². The Labute approximate surface area is 132 Å². The van der Waals surface area contributed by atoms with E-state index >= 15 is 0 Å². The van der Waals surface area contributed by atoms with Gasteiger partial charge >= 0.3 is 0 Å². The monoisotopic (exact) mass is 330 g/mol. The normalized spacial score (nSPS) is 18.0. The van der Waals surface area contributed by atoms with Crippen molar-refractivity contribution in [2.24, 2.45) is 0 Å². The summed E-state index contributed by atoms with van der Waals surface area (Å²) >= 11 is 1.42. The van der Waals surface area contributed by atoms with E-state index in [4.69, 9.17) is 0 Å². The first-order chi connectivity index (χ1) is 10.00. The Kier molecular flexibility index (Phi) is 6.22. The summed E-state index contributed by atoms with van der Waals surface area (Å²) in [6, 6.07) is 4.19. The molecule has 0 aliphatic carbocycles. The van der Waals surface area contributed by atoms with Gasteiger partial charge < -0.3 is 5.32 Å². The highest BCUT2D eigenvalue weighted by molar-refractivity contribution is 7.91. The molecule has 120 valence electrons. The number of nitrogens with one attached hydrogen (secondary N) is 1. The molecular weight excluding hydrogens is 304 g/mol. The van der Waals surface area contributed by atoms with Crippen molar-refractivity contribution in [1.82, 2.24) is 9.62 Å². The molecular formula is C15H26N2O2S2. The van der Waals surface area contributed by atoms with E-state index in [-0.39, 0.29) is 0 Å². The average Bonchev–Trinajstić information content (AvgIpc) is 2.73. The Morgan fingerprint density at radius 1 is 1.19 bits per heavy atom. The highest BCUT2D eigenvalue weighted by Crippen LogP contribution is 2.27. The van der Waals surface area contributed by atoms with Crippen LogP contribution in [0.1, 0.15) is 44.4 Å². The molecule has 0 saturated carbocycles. The lowest BCUT2D eigenvalue weighted by atomic mass is 10.2. The Bertz CT molecular complexity index is 530. The number of hydrogen-bond donors (Lipinski definition) is 1. The van der Waals surface area contributed by atoms with Crippen LogP contribution < -0.4 is 5.32 Å². The maximum absolute atomic E-state index is 12.7. The minimum absolute atomic E-state index is 0.463. The molecule has 0 bridgehead atoms. The van der Waals surface area contributed by atoms with Crippen LogP contribution in [0.25, 0.3) is 0 Å². The zero-order valence-corrected chi connectivity index (χ0v) is 14.6. The maximum Gasteiger partial charge on any atom is 0.252 e. The van der Waals surface area contributed by atoms with Crippen molar-refractivity contribution < 1.29 is 8.42 Å². The van der Waals surface area contributed by atoms with Crippen LogP contribution >= 0.6 is 11.3 Å². The molecule has 1 fully saturated rings. The first-order valence-corrected chi connectivity index (χ1v) is 10.1. The number of rotatable bonds is 6. The Morgan fingerprint density at radius 3 is 2.48 bits per heavy atom. The van der Waals surface area contributed by atoms with Gasteiger partial charge in [0.05, 0.1) is 0 Å². The number of hydrogen-bond acceptors (Lipinski definition) is 4. The van der Waals surface area contributed by atoms with Crippen molar-refractivity contribution in [3.8, 4) is 0 Å². The minimum Gasteiger partial charge on any atom is -0.314 e. The fourth-order valence-electron chi connectivity index (χ4n) is 2.52. The summed E-state index contributed by atoms with van der Waals surface area (Å²) in [5.41, 5.74) is 0. The van der Waals surface area contributed by atoms with Crippen LogP contribution in [0.4, 0.5) is 0 Å². The molecule has 1 N–H and O–H groups in total. The van der Waals surface area contributed by atoms with Gasteiger partial charge in [-0.25, -0.2) is 8.42 Å². The SMILES string of the molecule is CC(C)NCCc1ccc(S(=O)(=O)N2CCCCCC2)s1. The lowest BCUT2D eigenvalue weighted by molar-refractivity contribution is 0.425. The van der Waals surface area contributed by atoms with E-state index in [9.17, 15) is 8.42 Å². The van der Waals surface area contributed by atoms with E-state index in [1.807, 2.05) is 6.07 Å². The molecule has 1 aromatic rings. The summed E-state index contributed by atoms with van der Waals surface area (Å²) in [6.07, 6.45) is 5.13. The topological polar surface area (TPSA) is 49.4 Å². The van der Waals surface area contributed by atoms with E-state index < -0.39 is 10.0 Å². The van der Waals surface area contributed by atoms with Crippen LogP contribution in [0.15, 0.2) is 16.3 Å². The average molecular weight is 331 g/mol. The van der Waals surface area contributed by atoms with Crippen molar-refractivity contribution in [3.05, 3.63) is 17.0 Å². The molecule has 1 aromatic heterocycles. The Hall–Kier alpha value is -0.430. The van der Waals surface area contributed by atoms with Crippen molar-refractivity contribution in [1.29, 1.82) is 0 Å². The minimum atomic E-state index is -3.27. The van der Waals surface area contributed by atoms with E-state index in [1.165, 1.54) is 11.3 Å². The van der Waals surface area contributed by atoms with Crippen LogP contribution in [-0.2, 0) is 16.4 Å². The van der Waals surface area contributed by atoms with Gasteiger partial charge in [-0.3, -0.25) is 0 Å². The highest BCUT2D eigenvalue weighted by Gasteiger charge is 2.26. The summed E-state index contributed by atoms with van der Waals surface area (Å²) in [6.45, 7) is 6.46. The third-order valence-electron chi connectivity index (χ3n) is 3.72. The van der Waals surface area contributed by atoms with Crippen molar-refractivity contribution in [2.75, 3.05) is 19.6 Å². The summed E-state index contributed by atoms with van der Waals surface area (Å²) < 4.78 is 27.5. The smallest absolute Gasteiger partial charge is 0.252 e. The van der Waals surface area contributed by atoms with Crippen LogP contribution in [0, 0.1) is 0 Å². The Balaban J connectivity index is 2.01. The van der Waals surface area contributed by atoms with Crippen LogP contribution in [-0.4, -0.2) is 38.4 Å². The first-order valence-electron chi connectivity index (χ1n) is 7.82. The van der Waals surface area contributed by atoms with Gasteiger partial charge in [0, 0.05) is 30.6 Å². The molecule has 1 aliphatic rings. The molecule has 21 heavy (non-hydrogen) atoms. The van der Waals surface area contributed by atoms with Crippen LogP contribution in [0.5, 0.6) is 0 Å². The number of nitrogens with zero attached hydrogens (tertiary/aromatic N) is 1. The zero-order valence-electron chi connectivity index (χ0n) is 13.0. The summed E-state index contributed by atoms with van der Waals surface area (Å²) in [5, 5.41) is 3.36. The van der Waals surface area contributed by atoms with Crippen molar-refractivity contribution in [3.63, 3.8) is 0 Å². The highest BCUT2D eigenvalue weighted by atomic mass is 32.2. The molecule has 0 unspecified atom stereocenters. The van der Waals surface area contributed by atoms with Gasteiger partial charge in [-0.15, -0.1) is 11.3 Å². The number of thiophene rings is 1. The lowest BCUT2D eigenvalue weighted by Crippen LogP contribution is -2.31. The van der Waals surface area contributed by atoms with Crippen molar-refractivity contribution >= 4 is 21.4 Å². The van der Waals surface area contributed by atoms with E-state index in [0.717, 1.165) is 43.5 Å². The Morgan fingerprint density at radius 2 is 1.86 bits per heavy atom. The molecule has 4 nitrogen and oxygen atoms in total. The molecule has 1 aliphatic heterocycles. The second-order valence-electron chi connectivity index (χ2n) is 5.90. The standard InChI is InChI=1S/C15H26N2O2S2/c1-13(2)16-10-9-14-7-8-15(20-14)21(18,19)17-11-5-3-4-6-12-17/h7-8,13,16H,3-6,9-12H2,1-2H3. The quantitative estimate of drug-likeness (QED) is 0.872. The fourth-order valence-corrected chi connectivity index (χ4v) is 5.55. The summed E-state index contributed by atoms with van der Waals surface area (Å²) in [7, 11) is -3.27. The fraction of sp³-hybridized carbons (Fsp3) is 0.733. The first kappa shape index (κ1) is 16.9. The molecule has 1 saturated heterocycles. The predicted octanol–water partition coefficient (Wildman–Crippen LogP) is 2.85. The molecule has 0 radical (unpaired) electrons. The summed E-state index contributed by atoms with van der Waals surface area (Å²) in [4.78, 5) is 1.14. The van der Waals surface area contributed by atoms with Gasteiger partial charge in [0.2, 0.25) is 0 Å². The zero-order chi connectivity index (χ0) is 15.3. The molecule has 2 heterocycles. The second kappa shape index (κ2) is 7.72. The van der Waals surface area contributed by atoms with Crippen LogP contribution in [0.2, 0.25) is 0 Å². The maximum atomic E-state index is 12.7. The van der Waals surface area contributed by atoms with Gasteiger partial charge in [-0.05, 0) is 31.4 Å². The molecule has 0 spiro atoms.